The molecule has 1 aliphatic rings. The fraction of sp³-hybridized carbons (Fsp3) is 1.00. The van der Waals surface area contributed by atoms with Crippen molar-refractivity contribution in [1.82, 2.24) is 0 Å². The molecule has 0 spiro atoms. The van der Waals surface area contributed by atoms with E-state index in [2.05, 4.69) is 19.6 Å². The van der Waals surface area contributed by atoms with Gasteiger partial charge < -0.3 is 4.74 Å². The molecular weight excluding hydrogens is 168 g/mol. The summed E-state index contributed by atoms with van der Waals surface area (Å²) >= 11 is 4.16. The van der Waals surface area contributed by atoms with Gasteiger partial charge in [0, 0.05) is 6.61 Å². The van der Waals surface area contributed by atoms with Gasteiger partial charge in [-0.05, 0) is 30.9 Å². The van der Waals surface area contributed by atoms with Crippen LogP contribution in [-0.2, 0) is 4.74 Å². The van der Waals surface area contributed by atoms with E-state index < -0.39 is 0 Å². The van der Waals surface area contributed by atoms with Crippen LogP contribution in [0.3, 0.4) is 0 Å². The van der Waals surface area contributed by atoms with Gasteiger partial charge in [0.15, 0.2) is 0 Å². The van der Waals surface area contributed by atoms with Crippen LogP contribution < -0.4 is 0 Å². The van der Waals surface area contributed by atoms with Crippen LogP contribution in [0.25, 0.3) is 0 Å². The van der Waals surface area contributed by atoms with Crippen LogP contribution in [0.15, 0.2) is 0 Å². The molecule has 12 heavy (non-hydrogen) atoms. The number of hydrogen-bond donors (Lipinski definition) is 1. The molecule has 72 valence electrons. The Morgan fingerprint density at radius 2 is 2.08 bits per heavy atom. The lowest BCUT2D eigenvalue weighted by molar-refractivity contribution is -0.00414. The molecular formula is C10H20OS. The molecule has 0 aromatic rings. The van der Waals surface area contributed by atoms with E-state index in [-0.39, 0.29) is 0 Å². The summed E-state index contributed by atoms with van der Waals surface area (Å²) in [5.74, 6) is 1.72. The molecule has 2 heteroatoms. The number of ether oxygens (including phenoxy) is 1. The van der Waals surface area contributed by atoms with E-state index in [1.807, 2.05) is 0 Å². The van der Waals surface area contributed by atoms with Crippen LogP contribution in [0.4, 0.5) is 0 Å². The van der Waals surface area contributed by atoms with E-state index in [0.717, 1.165) is 24.7 Å². The van der Waals surface area contributed by atoms with Crippen LogP contribution in [-0.4, -0.2) is 18.5 Å². The van der Waals surface area contributed by atoms with E-state index in [1.165, 1.54) is 25.7 Å². The first kappa shape index (κ1) is 10.4. The average molecular weight is 188 g/mol. The van der Waals surface area contributed by atoms with Gasteiger partial charge in [-0.1, -0.05) is 19.8 Å². The van der Waals surface area contributed by atoms with Crippen molar-refractivity contribution in [3.63, 3.8) is 0 Å². The smallest absolute Gasteiger partial charge is 0.0600 e. The normalized spacial score (nSPS) is 30.5. The summed E-state index contributed by atoms with van der Waals surface area (Å²) in [6.07, 6.45) is 7.01. The second-order valence-corrected chi connectivity index (χ2v) is 4.20. The summed E-state index contributed by atoms with van der Waals surface area (Å²) in [5, 5.41) is 0. The molecule has 1 nitrogen and oxygen atoms in total. The largest absolute Gasteiger partial charge is 0.378 e. The molecule has 0 aromatic carbocycles. The second-order valence-electron chi connectivity index (χ2n) is 3.75. The van der Waals surface area contributed by atoms with Crippen LogP contribution in [0.2, 0.25) is 0 Å². The number of thiol groups is 1. The third-order valence-electron chi connectivity index (χ3n) is 2.67. The molecule has 1 rings (SSSR count). The molecule has 2 unspecified atom stereocenters. The predicted octanol–water partition coefficient (Wildman–Crippen LogP) is 2.90. The zero-order chi connectivity index (χ0) is 8.81. The maximum atomic E-state index is 5.79. The maximum absolute atomic E-state index is 5.79. The molecule has 1 saturated carbocycles. The van der Waals surface area contributed by atoms with Gasteiger partial charge in [0.05, 0.1) is 6.10 Å². The van der Waals surface area contributed by atoms with Crippen molar-refractivity contribution in [2.45, 2.75) is 45.1 Å². The molecule has 0 N–H and O–H groups in total. The average Bonchev–Trinajstić information content (AvgIpc) is 2.09. The quantitative estimate of drug-likeness (QED) is 0.527. The molecule has 0 heterocycles. The number of rotatable bonds is 4. The highest BCUT2D eigenvalue weighted by atomic mass is 32.1. The van der Waals surface area contributed by atoms with Gasteiger partial charge in [-0.2, -0.15) is 12.6 Å². The number of hydrogen-bond acceptors (Lipinski definition) is 2. The van der Waals surface area contributed by atoms with Gasteiger partial charge in [0.25, 0.3) is 0 Å². The first-order valence-corrected chi connectivity index (χ1v) is 5.70. The van der Waals surface area contributed by atoms with Gasteiger partial charge in [-0.3, -0.25) is 0 Å². The van der Waals surface area contributed by atoms with Crippen molar-refractivity contribution in [3.8, 4) is 0 Å². The highest BCUT2D eigenvalue weighted by Crippen LogP contribution is 2.26. The first-order chi connectivity index (χ1) is 5.84. The minimum Gasteiger partial charge on any atom is -0.378 e. The molecule has 0 radical (unpaired) electrons. The van der Waals surface area contributed by atoms with Crippen molar-refractivity contribution in [3.05, 3.63) is 0 Å². The lowest BCUT2D eigenvalue weighted by Crippen LogP contribution is -2.25. The minimum absolute atomic E-state index is 0.540. The SMILES string of the molecule is CC1CCCCC1OCCCS. The van der Waals surface area contributed by atoms with E-state index in [1.54, 1.807) is 0 Å². The Kier molecular flexibility index (Phi) is 5.08. The second kappa shape index (κ2) is 5.87. The van der Waals surface area contributed by atoms with Crippen molar-refractivity contribution < 1.29 is 4.74 Å². The Hall–Kier alpha value is 0.310. The third kappa shape index (κ3) is 3.36. The van der Waals surface area contributed by atoms with Gasteiger partial charge in [0.2, 0.25) is 0 Å². The zero-order valence-electron chi connectivity index (χ0n) is 7.96. The van der Waals surface area contributed by atoms with Gasteiger partial charge in [0.1, 0.15) is 0 Å². The Bertz CT molecular complexity index is 116. The van der Waals surface area contributed by atoms with Crippen molar-refractivity contribution in [2.24, 2.45) is 5.92 Å². The minimum atomic E-state index is 0.540. The monoisotopic (exact) mass is 188 g/mol. The molecule has 1 fully saturated rings. The van der Waals surface area contributed by atoms with Crippen LogP contribution >= 0.6 is 12.6 Å². The molecule has 1 aliphatic carbocycles. The van der Waals surface area contributed by atoms with Gasteiger partial charge >= 0.3 is 0 Å². The van der Waals surface area contributed by atoms with Gasteiger partial charge in [-0.15, -0.1) is 0 Å². The van der Waals surface area contributed by atoms with E-state index in [4.69, 9.17) is 4.74 Å². The van der Waals surface area contributed by atoms with Crippen molar-refractivity contribution >= 4 is 12.6 Å². The molecule has 2 atom stereocenters. The summed E-state index contributed by atoms with van der Waals surface area (Å²) < 4.78 is 5.79. The fourth-order valence-corrected chi connectivity index (χ4v) is 1.96. The lowest BCUT2D eigenvalue weighted by atomic mass is 9.88. The molecule has 0 aliphatic heterocycles. The topological polar surface area (TPSA) is 9.23 Å². The molecule has 0 aromatic heterocycles. The summed E-state index contributed by atoms with van der Waals surface area (Å²) in [7, 11) is 0. The Morgan fingerprint density at radius 1 is 1.33 bits per heavy atom. The van der Waals surface area contributed by atoms with Crippen LogP contribution in [0, 0.1) is 5.92 Å². The standard InChI is InChI=1S/C10H20OS/c1-9-5-2-3-6-10(9)11-7-4-8-12/h9-10,12H,2-8H2,1H3. The van der Waals surface area contributed by atoms with E-state index in [9.17, 15) is 0 Å². The molecule has 0 saturated heterocycles. The van der Waals surface area contributed by atoms with Crippen LogP contribution in [0.5, 0.6) is 0 Å². The zero-order valence-corrected chi connectivity index (χ0v) is 8.85. The first-order valence-electron chi connectivity index (χ1n) is 5.07. The van der Waals surface area contributed by atoms with Crippen molar-refractivity contribution in [1.29, 1.82) is 0 Å². The van der Waals surface area contributed by atoms with E-state index in [0.29, 0.717) is 6.10 Å². The lowest BCUT2D eigenvalue weighted by Gasteiger charge is -2.28. The maximum Gasteiger partial charge on any atom is 0.0600 e. The Balaban J connectivity index is 2.11. The van der Waals surface area contributed by atoms with Crippen molar-refractivity contribution in [2.75, 3.05) is 12.4 Å². The molecule has 0 amide bonds. The highest BCUT2D eigenvalue weighted by molar-refractivity contribution is 7.80. The summed E-state index contributed by atoms with van der Waals surface area (Å²) in [5.41, 5.74) is 0. The van der Waals surface area contributed by atoms with Gasteiger partial charge in [-0.25, -0.2) is 0 Å². The van der Waals surface area contributed by atoms with E-state index >= 15 is 0 Å². The third-order valence-corrected chi connectivity index (χ3v) is 2.98. The highest BCUT2D eigenvalue weighted by Gasteiger charge is 2.21. The summed E-state index contributed by atoms with van der Waals surface area (Å²) in [6, 6.07) is 0. The Morgan fingerprint density at radius 3 is 2.75 bits per heavy atom. The molecule has 0 bridgehead atoms. The summed E-state index contributed by atoms with van der Waals surface area (Å²) in [6.45, 7) is 3.21. The fourth-order valence-electron chi connectivity index (χ4n) is 1.83. The Labute approximate surface area is 81.3 Å². The van der Waals surface area contributed by atoms with Crippen LogP contribution in [0.1, 0.15) is 39.0 Å². The summed E-state index contributed by atoms with van der Waals surface area (Å²) in [4.78, 5) is 0. The predicted molar refractivity (Wildman–Crippen MR) is 55.8 cm³/mol.